The average molecular weight is 205 g/mol. The summed E-state index contributed by atoms with van der Waals surface area (Å²) in [6, 6.07) is 10.5. The third kappa shape index (κ3) is 1.14. The van der Waals surface area contributed by atoms with Crippen LogP contribution in [0.4, 0.5) is 5.69 Å². The molecule has 0 aromatic heterocycles. The van der Waals surface area contributed by atoms with Gasteiger partial charge < -0.3 is 15.5 Å². The van der Waals surface area contributed by atoms with E-state index in [0.717, 1.165) is 12.5 Å². The first-order valence-corrected chi connectivity index (χ1v) is 5.61. The van der Waals surface area contributed by atoms with Gasteiger partial charge in [0, 0.05) is 5.69 Å². The number of hydrogen-bond acceptors (Lipinski definition) is 4. The Hall–Kier alpha value is -1.29. The molecule has 4 heteroatoms. The van der Waals surface area contributed by atoms with Gasteiger partial charge in [-0.05, 0) is 12.1 Å². The van der Waals surface area contributed by atoms with E-state index < -0.39 is 0 Å². The number of thioether (sulfide) groups is 1. The molecule has 2 aliphatic heterocycles. The molecule has 14 heavy (non-hydrogen) atoms. The van der Waals surface area contributed by atoms with Gasteiger partial charge in [-0.2, -0.15) is 0 Å². The molecule has 0 unspecified atom stereocenters. The van der Waals surface area contributed by atoms with E-state index in [4.69, 9.17) is 0 Å². The van der Waals surface area contributed by atoms with Gasteiger partial charge in [-0.15, -0.1) is 0 Å². The average Bonchev–Trinajstić information content (AvgIpc) is 2.79. The molecule has 72 valence electrons. The Bertz CT molecular complexity index is 374. The molecule has 0 atom stereocenters. The summed E-state index contributed by atoms with van der Waals surface area (Å²) < 4.78 is 0. The number of benzene rings is 1. The third-order valence-corrected chi connectivity index (χ3v) is 3.39. The smallest absolute Gasteiger partial charge is 0.132 e. The van der Waals surface area contributed by atoms with Crippen molar-refractivity contribution in [2.24, 2.45) is 0 Å². The van der Waals surface area contributed by atoms with E-state index in [1.165, 1.54) is 16.5 Å². The second-order valence-electron chi connectivity index (χ2n) is 3.24. The second-order valence-corrected chi connectivity index (χ2v) is 4.21. The van der Waals surface area contributed by atoms with Crippen LogP contribution in [-0.4, -0.2) is 12.5 Å². The Labute approximate surface area is 87.2 Å². The van der Waals surface area contributed by atoms with Gasteiger partial charge in [-0.1, -0.05) is 30.0 Å². The Kier molecular flexibility index (Phi) is 1.80. The molecule has 0 bridgehead atoms. The number of nitrogens with one attached hydrogen (secondary N) is 2. The van der Waals surface area contributed by atoms with E-state index in [1.54, 1.807) is 0 Å². The quantitative estimate of drug-likeness (QED) is 0.726. The predicted octanol–water partition coefficient (Wildman–Crippen LogP) is 1.47. The summed E-state index contributed by atoms with van der Waals surface area (Å²) in [6.45, 7) is 0.870. The summed E-state index contributed by atoms with van der Waals surface area (Å²) in [5.41, 5.74) is 1.25. The molecule has 2 heterocycles. The molecule has 3 nitrogen and oxygen atoms in total. The number of rotatable bonds is 1. The summed E-state index contributed by atoms with van der Waals surface area (Å²) in [7, 11) is 0. The fraction of sp³-hybridized carbons (Fsp3) is 0.200. The van der Waals surface area contributed by atoms with Crippen molar-refractivity contribution in [1.82, 2.24) is 10.6 Å². The van der Waals surface area contributed by atoms with Crippen molar-refractivity contribution in [2.45, 2.75) is 0 Å². The zero-order valence-electron chi connectivity index (χ0n) is 7.66. The largest absolute Gasteiger partial charge is 0.360 e. The van der Waals surface area contributed by atoms with Gasteiger partial charge in [0.2, 0.25) is 0 Å². The number of hydrogen-bond donors (Lipinski definition) is 2. The standard InChI is InChI=1S/C10H11N3S/c1-2-4-8(5-3-1)13-6-11-9-10(13)14-7-12-9/h1-5,11-12H,6-7H2. The molecule has 1 aromatic rings. The van der Waals surface area contributed by atoms with Crippen molar-refractivity contribution in [3.05, 3.63) is 41.2 Å². The highest BCUT2D eigenvalue weighted by Crippen LogP contribution is 2.33. The maximum Gasteiger partial charge on any atom is 0.132 e. The van der Waals surface area contributed by atoms with Crippen LogP contribution in [0.5, 0.6) is 0 Å². The third-order valence-electron chi connectivity index (χ3n) is 2.40. The summed E-state index contributed by atoms with van der Waals surface area (Å²) >= 11 is 1.85. The Morgan fingerprint density at radius 3 is 2.86 bits per heavy atom. The normalized spacial score (nSPS) is 19.3. The summed E-state index contributed by atoms with van der Waals surface area (Å²) in [5, 5.41) is 7.96. The fourth-order valence-corrected chi connectivity index (χ4v) is 2.69. The van der Waals surface area contributed by atoms with Crippen LogP contribution in [-0.2, 0) is 0 Å². The van der Waals surface area contributed by atoms with Crippen LogP contribution in [0, 0.1) is 0 Å². The van der Waals surface area contributed by atoms with Crippen molar-refractivity contribution in [2.75, 3.05) is 17.4 Å². The van der Waals surface area contributed by atoms with E-state index in [0.29, 0.717) is 0 Å². The maximum absolute atomic E-state index is 3.34. The van der Waals surface area contributed by atoms with Gasteiger partial charge in [-0.3, -0.25) is 0 Å². The molecule has 2 N–H and O–H groups in total. The number of anilines is 1. The maximum atomic E-state index is 3.34. The molecule has 0 spiro atoms. The van der Waals surface area contributed by atoms with Crippen molar-refractivity contribution < 1.29 is 0 Å². The van der Waals surface area contributed by atoms with E-state index >= 15 is 0 Å². The highest BCUT2D eigenvalue weighted by Gasteiger charge is 2.27. The van der Waals surface area contributed by atoms with Crippen molar-refractivity contribution in [3.63, 3.8) is 0 Å². The molecule has 3 rings (SSSR count). The molecule has 0 saturated carbocycles. The minimum absolute atomic E-state index is 0.870. The first kappa shape index (κ1) is 8.05. The molecular formula is C10H11N3S. The van der Waals surface area contributed by atoms with Crippen LogP contribution in [0.1, 0.15) is 0 Å². The molecule has 0 fully saturated rings. The molecule has 0 aliphatic carbocycles. The van der Waals surface area contributed by atoms with E-state index in [9.17, 15) is 0 Å². The predicted molar refractivity (Wildman–Crippen MR) is 59.5 cm³/mol. The van der Waals surface area contributed by atoms with Gasteiger partial charge in [0.05, 0.1) is 12.5 Å². The minimum atomic E-state index is 0.870. The lowest BCUT2D eigenvalue weighted by Gasteiger charge is -2.19. The summed E-state index contributed by atoms with van der Waals surface area (Å²) in [6.07, 6.45) is 0. The van der Waals surface area contributed by atoms with Crippen molar-refractivity contribution in [1.29, 1.82) is 0 Å². The lowest BCUT2D eigenvalue weighted by atomic mass is 10.3. The molecule has 0 radical (unpaired) electrons. The van der Waals surface area contributed by atoms with Gasteiger partial charge >= 0.3 is 0 Å². The second kappa shape index (κ2) is 3.13. The van der Waals surface area contributed by atoms with Crippen LogP contribution >= 0.6 is 11.8 Å². The first-order chi connectivity index (χ1) is 6.95. The van der Waals surface area contributed by atoms with E-state index in [2.05, 4.69) is 39.8 Å². The minimum Gasteiger partial charge on any atom is -0.360 e. The Morgan fingerprint density at radius 2 is 2.00 bits per heavy atom. The summed E-state index contributed by atoms with van der Waals surface area (Å²) in [5.74, 6) is 2.15. The number of para-hydroxylation sites is 1. The number of nitrogens with zero attached hydrogens (tertiary/aromatic N) is 1. The first-order valence-electron chi connectivity index (χ1n) is 4.62. The van der Waals surface area contributed by atoms with Crippen molar-refractivity contribution in [3.8, 4) is 0 Å². The topological polar surface area (TPSA) is 27.3 Å². The molecule has 2 aliphatic rings. The van der Waals surface area contributed by atoms with E-state index in [1.807, 2.05) is 17.8 Å². The lowest BCUT2D eigenvalue weighted by Crippen LogP contribution is -2.26. The van der Waals surface area contributed by atoms with Crippen LogP contribution in [0.3, 0.4) is 0 Å². The fourth-order valence-electron chi connectivity index (χ4n) is 1.72. The monoisotopic (exact) mass is 205 g/mol. The zero-order chi connectivity index (χ0) is 9.38. The van der Waals surface area contributed by atoms with Crippen molar-refractivity contribution >= 4 is 17.4 Å². The van der Waals surface area contributed by atoms with Crippen LogP contribution in [0.15, 0.2) is 41.2 Å². The highest BCUT2D eigenvalue weighted by molar-refractivity contribution is 8.03. The molecule has 0 saturated heterocycles. The Balaban J connectivity index is 1.94. The van der Waals surface area contributed by atoms with Gasteiger partial charge in [0.25, 0.3) is 0 Å². The molecule has 0 amide bonds. The van der Waals surface area contributed by atoms with Crippen LogP contribution in [0.25, 0.3) is 0 Å². The molecular weight excluding hydrogens is 194 g/mol. The Morgan fingerprint density at radius 1 is 1.14 bits per heavy atom. The summed E-state index contributed by atoms with van der Waals surface area (Å²) in [4.78, 5) is 2.29. The SMILES string of the molecule is c1ccc(N2CNC3=C2SCN3)cc1. The zero-order valence-corrected chi connectivity index (χ0v) is 8.47. The lowest BCUT2D eigenvalue weighted by molar-refractivity contribution is 0.787. The van der Waals surface area contributed by atoms with Gasteiger partial charge in [0.15, 0.2) is 0 Å². The highest BCUT2D eigenvalue weighted by atomic mass is 32.2. The van der Waals surface area contributed by atoms with Crippen LogP contribution in [0.2, 0.25) is 0 Å². The van der Waals surface area contributed by atoms with Crippen LogP contribution < -0.4 is 15.5 Å². The van der Waals surface area contributed by atoms with E-state index in [-0.39, 0.29) is 0 Å². The van der Waals surface area contributed by atoms with Gasteiger partial charge in [0.1, 0.15) is 10.9 Å². The van der Waals surface area contributed by atoms with Gasteiger partial charge in [-0.25, -0.2) is 0 Å². The molecule has 1 aromatic carbocycles.